The maximum Gasteiger partial charge on any atom is 0.240 e. The van der Waals surface area contributed by atoms with Gasteiger partial charge in [-0.2, -0.15) is 5.10 Å². The SMILES string of the molecule is CCCCC[C@@H](O)CCC(=O)N/N=C\c1ccccc1. The van der Waals surface area contributed by atoms with E-state index in [4.69, 9.17) is 0 Å². The third-order valence-electron chi connectivity index (χ3n) is 3.05. The molecule has 0 fully saturated rings. The van der Waals surface area contributed by atoms with Crippen LogP contribution in [0.15, 0.2) is 35.4 Å². The predicted octanol–water partition coefficient (Wildman–Crippen LogP) is 2.86. The summed E-state index contributed by atoms with van der Waals surface area (Å²) in [4.78, 5) is 11.5. The molecule has 1 amide bonds. The van der Waals surface area contributed by atoms with E-state index in [0.717, 1.165) is 31.2 Å². The molecule has 0 aliphatic heterocycles. The zero-order valence-electron chi connectivity index (χ0n) is 12.1. The van der Waals surface area contributed by atoms with E-state index in [1.54, 1.807) is 6.21 Å². The fourth-order valence-corrected chi connectivity index (χ4v) is 1.85. The summed E-state index contributed by atoms with van der Waals surface area (Å²) in [6.45, 7) is 2.13. The van der Waals surface area contributed by atoms with Crippen LogP contribution < -0.4 is 5.43 Å². The van der Waals surface area contributed by atoms with Gasteiger partial charge in [-0.05, 0) is 18.4 Å². The molecule has 0 unspecified atom stereocenters. The first kappa shape index (κ1) is 16.4. The van der Waals surface area contributed by atoms with E-state index in [2.05, 4.69) is 17.5 Å². The van der Waals surface area contributed by atoms with Crippen LogP contribution in [-0.4, -0.2) is 23.3 Å². The Labute approximate surface area is 120 Å². The molecule has 0 aliphatic rings. The molecule has 1 rings (SSSR count). The molecule has 0 bridgehead atoms. The highest BCUT2D eigenvalue weighted by Gasteiger charge is 2.07. The molecular formula is C16H24N2O2. The van der Waals surface area contributed by atoms with Crippen LogP contribution in [0.1, 0.15) is 51.0 Å². The van der Waals surface area contributed by atoms with Crippen molar-refractivity contribution in [1.82, 2.24) is 5.43 Å². The standard InChI is InChI=1S/C16H24N2O2/c1-2-3-5-10-15(19)11-12-16(20)18-17-13-14-8-6-4-7-9-14/h4,6-9,13,15,19H,2-3,5,10-12H2,1H3,(H,18,20)/b17-13-/t15-/m1/s1. The lowest BCUT2D eigenvalue weighted by molar-refractivity contribution is -0.121. The predicted molar refractivity (Wildman–Crippen MR) is 81.6 cm³/mol. The van der Waals surface area contributed by atoms with Crippen molar-refractivity contribution in [2.75, 3.05) is 0 Å². The van der Waals surface area contributed by atoms with Crippen LogP contribution in [-0.2, 0) is 4.79 Å². The Morgan fingerprint density at radius 2 is 2.05 bits per heavy atom. The quantitative estimate of drug-likeness (QED) is 0.414. The number of hydrogen-bond donors (Lipinski definition) is 2. The maximum atomic E-state index is 11.5. The van der Waals surface area contributed by atoms with E-state index < -0.39 is 0 Å². The average molecular weight is 276 g/mol. The summed E-state index contributed by atoms with van der Waals surface area (Å²) in [6, 6.07) is 9.57. The number of aliphatic hydroxyl groups is 1. The summed E-state index contributed by atoms with van der Waals surface area (Å²) in [6.07, 6.45) is 6.09. The second-order valence-corrected chi connectivity index (χ2v) is 4.89. The Morgan fingerprint density at radius 1 is 1.30 bits per heavy atom. The first-order valence-corrected chi connectivity index (χ1v) is 7.27. The first-order valence-electron chi connectivity index (χ1n) is 7.27. The van der Waals surface area contributed by atoms with Crippen molar-refractivity contribution in [2.45, 2.75) is 51.6 Å². The van der Waals surface area contributed by atoms with Crippen molar-refractivity contribution < 1.29 is 9.90 Å². The van der Waals surface area contributed by atoms with E-state index in [-0.39, 0.29) is 12.0 Å². The number of aliphatic hydroxyl groups excluding tert-OH is 1. The summed E-state index contributed by atoms with van der Waals surface area (Å²) in [5.41, 5.74) is 3.41. The van der Waals surface area contributed by atoms with Gasteiger partial charge in [0.15, 0.2) is 0 Å². The zero-order valence-corrected chi connectivity index (χ0v) is 12.1. The van der Waals surface area contributed by atoms with Crippen molar-refractivity contribution in [1.29, 1.82) is 0 Å². The fraction of sp³-hybridized carbons (Fsp3) is 0.500. The van der Waals surface area contributed by atoms with Crippen molar-refractivity contribution in [3.63, 3.8) is 0 Å². The highest BCUT2D eigenvalue weighted by molar-refractivity contribution is 5.82. The van der Waals surface area contributed by atoms with Crippen molar-refractivity contribution in [3.8, 4) is 0 Å². The molecule has 2 N–H and O–H groups in total. The van der Waals surface area contributed by atoms with Gasteiger partial charge in [-0.1, -0.05) is 56.5 Å². The van der Waals surface area contributed by atoms with Crippen LogP contribution in [0.2, 0.25) is 0 Å². The molecule has 1 aromatic carbocycles. The molecule has 0 spiro atoms. The summed E-state index contributed by atoms with van der Waals surface area (Å²) in [7, 11) is 0. The number of carbonyl (C=O) groups excluding carboxylic acids is 1. The van der Waals surface area contributed by atoms with Crippen LogP contribution in [0.5, 0.6) is 0 Å². The fourth-order valence-electron chi connectivity index (χ4n) is 1.85. The van der Waals surface area contributed by atoms with Gasteiger partial charge in [-0.15, -0.1) is 0 Å². The number of amides is 1. The number of nitrogens with one attached hydrogen (secondary N) is 1. The van der Waals surface area contributed by atoms with Gasteiger partial charge >= 0.3 is 0 Å². The summed E-state index contributed by atoms with van der Waals surface area (Å²) in [5, 5.41) is 13.6. The Bertz CT molecular complexity index is 404. The lowest BCUT2D eigenvalue weighted by Crippen LogP contribution is -2.19. The number of hydrogen-bond acceptors (Lipinski definition) is 3. The van der Waals surface area contributed by atoms with E-state index in [1.165, 1.54) is 0 Å². The largest absolute Gasteiger partial charge is 0.393 e. The molecule has 0 saturated heterocycles. The van der Waals surface area contributed by atoms with Gasteiger partial charge in [0.1, 0.15) is 0 Å². The molecule has 110 valence electrons. The molecule has 20 heavy (non-hydrogen) atoms. The number of unbranched alkanes of at least 4 members (excludes halogenated alkanes) is 2. The smallest absolute Gasteiger partial charge is 0.240 e. The molecule has 0 radical (unpaired) electrons. The van der Waals surface area contributed by atoms with Crippen molar-refractivity contribution in [3.05, 3.63) is 35.9 Å². The minimum atomic E-state index is -0.384. The van der Waals surface area contributed by atoms with Crippen molar-refractivity contribution >= 4 is 12.1 Å². The molecule has 0 saturated carbocycles. The molecule has 1 aromatic rings. The third-order valence-corrected chi connectivity index (χ3v) is 3.05. The zero-order chi connectivity index (χ0) is 14.6. The molecule has 0 heterocycles. The number of rotatable bonds is 9. The van der Waals surface area contributed by atoms with Crippen LogP contribution in [0.4, 0.5) is 0 Å². The first-order chi connectivity index (χ1) is 9.72. The van der Waals surface area contributed by atoms with Crippen LogP contribution in [0.3, 0.4) is 0 Å². The maximum absolute atomic E-state index is 11.5. The van der Waals surface area contributed by atoms with Gasteiger partial charge in [0.05, 0.1) is 12.3 Å². The second kappa shape index (κ2) is 10.1. The van der Waals surface area contributed by atoms with E-state index in [1.807, 2.05) is 30.3 Å². The lowest BCUT2D eigenvalue weighted by atomic mass is 10.1. The van der Waals surface area contributed by atoms with E-state index in [9.17, 15) is 9.90 Å². The number of benzene rings is 1. The number of carbonyl (C=O) groups is 1. The third kappa shape index (κ3) is 7.69. The van der Waals surface area contributed by atoms with Gasteiger partial charge in [-0.25, -0.2) is 5.43 Å². The number of nitrogens with zero attached hydrogens (tertiary/aromatic N) is 1. The van der Waals surface area contributed by atoms with Crippen LogP contribution in [0, 0.1) is 0 Å². The van der Waals surface area contributed by atoms with Gasteiger partial charge in [-0.3, -0.25) is 4.79 Å². The summed E-state index contributed by atoms with van der Waals surface area (Å²) < 4.78 is 0. The summed E-state index contributed by atoms with van der Waals surface area (Å²) in [5.74, 6) is -0.160. The molecule has 4 nitrogen and oxygen atoms in total. The van der Waals surface area contributed by atoms with Gasteiger partial charge in [0.2, 0.25) is 5.91 Å². The normalized spacial score (nSPS) is 12.5. The van der Waals surface area contributed by atoms with E-state index >= 15 is 0 Å². The van der Waals surface area contributed by atoms with Crippen molar-refractivity contribution in [2.24, 2.45) is 5.10 Å². The summed E-state index contributed by atoms with van der Waals surface area (Å²) >= 11 is 0. The highest BCUT2D eigenvalue weighted by Crippen LogP contribution is 2.08. The van der Waals surface area contributed by atoms with Crippen LogP contribution in [0.25, 0.3) is 0 Å². The molecular weight excluding hydrogens is 252 g/mol. The Morgan fingerprint density at radius 3 is 2.75 bits per heavy atom. The molecule has 0 aromatic heterocycles. The number of hydrazone groups is 1. The topological polar surface area (TPSA) is 61.7 Å². The monoisotopic (exact) mass is 276 g/mol. The molecule has 0 aliphatic carbocycles. The Kier molecular flexibility index (Phi) is 8.31. The van der Waals surface area contributed by atoms with Gasteiger partial charge in [0.25, 0.3) is 0 Å². The van der Waals surface area contributed by atoms with E-state index in [0.29, 0.717) is 12.8 Å². The minimum Gasteiger partial charge on any atom is -0.393 e. The van der Waals surface area contributed by atoms with Gasteiger partial charge < -0.3 is 5.11 Å². The van der Waals surface area contributed by atoms with Gasteiger partial charge in [0, 0.05) is 6.42 Å². The highest BCUT2D eigenvalue weighted by atomic mass is 16.3. The minimum absolute atomic E-state index is 0.160. The average Bonchev–Trinajstić information content (AvgIpc) is 2.46. The van der Waals surface area contributed by atoms with Crippen LogP contribution >= 0.6 is 0 Å². The molecule has 1 atom stereocenters. The lowest BCUT2D eigenvalue weighted by Gasteiger charge is -2.08. The Balaban J connectivity index is 2.15. The Hall–Kier alpha value is -1.68. The molecule has 4 heteroatoms. The second-order valence-electron chi connectivity index (χ2n) is 4.89.